The summed E-state index contributed by atoms with van der Waals surface area (Å²) >= 11 is 0. The van der Waals surface area contributed by atoms with Crippen LogP contribution in [0.4, 0.5) is 5.69 Å². The lowest BCUT2D eigenvalue weighted by atomic mass is 9.87. The highest BCUT2D eigenvalue weighted by molar-refractivity contribution is 5.94. The van der Waals surface area contributed by atoms with Crippen molar-refractivity contribution in [3.63, 3.8) is 0 Å². The molecule has 0 radical (unpaired) electrons. The van der Waals surface area contributed by atoms with Gasteiger partial charge in [-0.3, -0.25) is 4.79 Å². The molecule has 20 heavy (non-hydrogen) atoms. The first-order valence-corrected chi connectivity index (χ1v) is 6.56. The van der Waals surface area contributed by atoms with Gasteiger partial charge in [-0.2, -0.15) is 0 Å². The maximum Gasteiger partial charge on any atom is 0.335 e. The van der Waals surface area contributed by atoms with Crippen molar-refractivity contribution in [2.24, 2.45) is 11.1 Å². The normalized spacial score (nSPS) is 12.8. The van der Waals surface area contributed by atoms with Gasteiger partial charge < -0.3 is 16.2 Å². The Bertz CT molecular complexity index is 492. The Morgan fingerprint density at radius 2 is 2.00 bits per heavy atom. The predicted molar refractivity (Wildman–Crippen MR) is 78.7 cm³/mol. The van der Waals surface area contributed by atoms with Gasteiger partial charge in [0.1, 0.15) is 0 Å². The number of carboxylic acid groups (broad SMARTS) is 1. The molecule has 0 bridgehead atoms. The first kappa shape index (κ1) is 16.2. The van der Waals surface area contributed by atoms with Crippen LogP contribution in [0.15, 0.2) is 24.3 Å². The minimum Gasteiger partial charge on any atom is -0.478 e. The molecule has 1 aromatic carbocycles. The van der Waals surface area contributed by atoms with Crippen LogP contribution in [-0.4, -0.2) is 23.0 Å². The van der Waals surface area contributed by atoms with Gasteiger partial charge in [0, 0.05) is 18.2 Å². The summed E-state index contributed by atoms with van der Waals surface area (Å²) in [6.45, 7) is 6.21. The van der Waals surface area contributed by atoms with Crippen molar-refractivity contribution in [2.45, 2.75) is 39.7 Å². The van der Waals surface area contributed by atoms with Gasteiger partial charge in [0.05, 0.1) is 5.56 Å². The smallest absolute Gasteiger partial charge is 0.335 e. The molecule has 5 nitrogen and oxygen atoms in total. The van der Waals surface area contributed by atoms with E-state index in [1.54, 1.807) is 12.1 Å². The van der Waals surface area contributed by atoms with Crippen LogP contribution >= 0.6 is 0 Å². The molecular weight excluding hydrogens is 256 g/mol. The van der Waals surface area contributed by atoms with Crippen molar-refractivity contribution in [1.29, 1.82) is 0 Å². The van der Waals surface area contributed by atoms with Gasteiger partial charge in [-0.15, -0.1) is 0 Å². The molecule has 0 heterocycles. The van der Waals surface area contributed by atoms with E-state index in [2.05, 4.69) is 26.1 Å². The van der Waals surface area contributed by atoms with Crippen LogP contribution in [0, 0.1) is 5.41 Å². The zero-order valence-electron chi connectivity index (χ0n) is 12.1. The number of anilines is 1. The van der Waals surface area contributed by atoms with Crippen LogP contribution in [0.5, 0.6) is 0 Å². The average molecular weight is 278 g/mol. The minimum atomic E-state index is -1.02. The topological polar surface area (TPSA) is 92.4 Å². The molecule has 0 aliphatic rings. The number of carboxylic acids is 1. The third-order valence-electron chi connectivity index (χ3n) is 2.72. The molecule has 0 spiro atoms. The Labute approximate surface area is 119 Å². The van der Waals surface area contributed by atoms with E-state index >= 15 is 0 Å². The Morgan fingerprint density at radius 1 is 1.35 bits per heavy atom. The van der Waals surface area contributed by atoms with E-state index in [1.165, 1.54) is 12.1 Å². The molecule has 110 valence electrons. The van der Waals surface area contributed by atoms with E-state index in [-0.39, 0.29) is 29.3 Å². The fraction of sp³-hybridized carbons (Fsp3) is 0.467. The van der Waals surface area contributed by atoms with Gasteiger partial charge in [-0.05, 0) is 30.0 Å². The summed E-state index contributed by atoms with van der Waals surface area (Å²) in [6.07, 6.45) is 0.962. The van der Waals surface area contributed by atoms with Crippen molar-refractivity contribution < 1.29 is 14.7 Å². The van der Waals surface area contributed by atoms with Crippen LogP contribution in [-0.2, 0) is 4.79 Å². The summed E-state index contributed by atoms with van der Waals surface area (Å²) in [6, 6.07) is 5.93. The molecule has 1 aromatic rings. The Hall–Kier alpha value is -1.88. The maximum atomic E-state index is 11.9. The zero-order chi connectivity index (χ0) is 15.3. The number of carbonyl (C=O) groups is 2. The first-order chi connectivity index (χ1) is 9.17. The summed E-state index contributed by atoms with van der Waals surface area (Å²) in [5.41, 5.74) is 6.62. The van der Waals surface area contributed by atoms with Crippen LogP contribution in [0.3, 0.4) is 0 Å². The van der Waals surface area contributed by atoms with Crippen molar-refractivity contribution in [1.82, 2.24) is 0 Å². The number of amides is 1. The summed E-state index contributed by atoms with van der Waals surface area (Å²) in [7, 11) is 0. The molecule has 1 amide bonds. The summed E-state index contributed by atoms with van der Waals surface area (Å²) in [4.78, 5) is 22.7. The van der Waals surface area contributed by atoms with Crippen molar-refractivity contribution in [3.8, 4) is 0 Å². The lowest BCUT2D eigenvalue weighted by molar-refractivity contribution is -0.116. The van der Waals surface area contributed by atoms with Gasteiger partial charge in [0.2, 0.25) is 5.91 Å². The molecule has 0 aliphatic carbocycles. The molecule has 0 aliphatic heterocycles. The SMILES string of the molecule is CC(C)(C)CC(N)CC(=O)Nc1cccc(C(=O)O)c1. The fourth-order valence-electron chi connectivity index (χ4n) is 2.04. The first-order valence-electron chi connectivity index (χ1n) is 6.56. The molecule has 0 saturated heterocycles. The third kappa shape index (κ3) is 5.84. The summed E-state index contributed by atoms with van der Waals surface area (Å²) in [5, 5.41) is 11.6. The van der Waals surface area contributed by atoms with Gasteiger partial charge in [-0.1, -0.05) is 26.8 Å². The molecule has 0 aromatic heterocycles. The second-order valence-electron chi connectivity index (χ2n) is 6.16. The predicted octanol–water partition coefficient (Wildman–Crippen LogP) is 2.48. The number of benzene rings is 1. The number of nitrogens with two attached hydrogens (primary N) is 1. The molecule has 1 atom stereocenters. The highest BCUT2D eigenvalue weighted by atomic mass is 16.4. The van der Waals surface area contributed by atoms with Gasteiger partial charge in [0.25, 0.3) is 0 Å². The second-order valence-corrected chi connectivity index (χ2v) is 6.16. The summed E-state index contributed by atoms with van der Waals surface area (Å²) < 4.78 is 0. The monoisotopic (exact) mass is 278 g/mol. The number of hydrogen-bond acceptors (Lipinski definition) is 3. The van der Waals surface area contributed by atoms with E-state index in [4.69, 9.17) is 10.8 Å². The van der Waals surface area contributed by atoms with Crippen molar-refractivity contribution in [3.05, 3.63) is 29.8 Å². The van der Waals surface area contributed by atoms with Crippen molar-refractivity contribution >= 4 is 17.6 Å². The van der Waals surface area contributed by atoms with E-state index in [1.807, 2.05) is 0 Å². The van der Waals surface area contributed by atoms with E-state index in [9.17, 15) is 9.59 Å². The van der Waals surface area contributed by atoms with Crippen molar-refractivity contribution in [2.75, 3.05) is 5.32 Å². The lowest BCUT2D eigenvalue weighted by Crippen LogP contribution is -2.31. The molecule has 1 rings (SSSR count). The van der Waals surface area contributed by atoms with E-state index in [0.717, 1.165) is 6.42 Å². The minimum absolute atomic E-state index is 0.0723. The van der Waals surface area contributed by atoms with Crippen LogP contribution in [0.2, 0.25) is 0 Å². The standard InChI is InChI=1S/C15H22N2O3/c1-15(2,3)9-11(16)8-13(18)17-12-6-4-5-10(7-12)14(19)20/h4-7,11H,8-9,16H2,1-3H3,(H,17,18)(H,19,20). The number of aromatic carboxylic acids is 1. The molecule has 0 saturated carbocycles. The number of rotatable bonds is 5. The third-order valence-corrected chi connectivity index (χ3v) is 2.72. The maximum absolute atomic E-state index is 11.9. The Balaban J connectivity index is 2.58. The quantitative estimate of drug-likeness (QED) is 0.771. The fourth-order valence-corrected chi connectivity index (χ4v) is 2.04. The Kier molecular flexibility index (Phi) is 5.27. The number of carbonyl (C=O) groups excluding carboxylic acids is 1. The molecule has 1 unspecified atom stereocenters. The number of nitrogens with one attached hydrogen (secondary N) is 1. The zero-order valence-corrected chi connectivity index (χ0v) is 12.1. The average Bonchev–Trinajstić information content (AvgIpc) is 2.25. The molecular formula is C15H22N2O3. The molecule has 0 fully saturated rings. The largest absolute Gasteiger partial charge is 0.478 e. The molecule has 5 heteroatoms. The Morgan fingerprint density at radius 3 is 2.55 bits per heavy atom. The lowest BCUT2D eigenvalue weighted by Gasteiger charge is -2.22. The van der Waals surface area contributed by atoms with Crippen LogP contribution in [0.25, 0.3) is 0 Å². The second kappa shape index (κ2) is 6.52. The highest BCUT2D eigenvalue weighted by Gasteiger charge is 2.18. The van der Waals surface area contributed by atoms with Gasteiger partial charge in [-0.25, -0.2) is 4.79 Å². The van der Waals surface area contributed by atoms with Gasteiger partial charge >= 0.3 is 5.97 Å². The highest BCUT2D eigenvalue weighted by Crippen LogP contribution is 2.21. The molecule has 4 N–H and O–H groups in total. The van der Waals surface area contributed by atoms with E-state index in [0.29, 0.717) is 5.69 Å². The van der Waals surface area contributed by atoms with E-state index < -0.39 is 5.97 Å². The van der Waals surface area contributed by atoms with Crippen LogP contribution < -0.4 is 11.1 Å². The van der Waals surface area contributed by atoms with Gasteiger partial charge in [0.15, 0.2) is 0 Å². The summed E-state index contributed by atoms with van der Waals surface area (Å²) in [5.74, 6) is -1.23. The number of hydrogen-bond donors (Lipinski definition) is 3. The van der Waals surface area contributed by atoms with Crippen LogP contribution in [0.1, 0.15) is 44.0 Å².